The highest BCUT2D eigenvalue weighted by Gasteiger charge is 2.14. The molecule has 2 aromatic carbocycles. The third kappa shape index (κ3) is 5.01. The smallest absolute Gasteiger partial charge is 0.137 e. The Hall–Kier alpha value is -2.13. The van der Waals surface area contributed by atoms with Crippen molar-refractivity contribution in [2.75, 3.05) is 13.7 Å². The highest BCUT2D eigenvalue weighted by atomic mass is 16.5. The summed E-state index contributed by atoms with van der Waals surface area (Å²) in [5.74, 6) is 0.938. The number of ketones is 1. The lowest BCUT2D eigenvalue weighted by Gasteiger charge is -2.14. The zero-order valence-corrected chi connectivity index (χ0v) is 12.9. The van der Waals surface area contributed by atoms with E-state index in [0.717, 1.165) is 16.9 Å². The van der Waals surface area contributed by atoms with Gasteiger partial charge in [0.25, 0.3) is 0 Å². The van der Waals surface area contributed by atoms with E-state index in [0.29, 0.717) is 19.3 Å². The third-order valence-corrected chi connectivity index (χ3v) is 3.70. The highest BCUT2D eigenvalue weighted by Crippen LogP contribution is 2.17. The lowest BCUT2D eigenvalue weighted by Crippen LogP contribution is -2.16. The largest absolute Gasteiger partial charge is 0.497 e. The van der Waals surface area contributed by atoms with E-state index in [4.69, 9.17) is 4.74 Å². The summed E-state index contributed by atoms with van der Waals surface area (Å²) < 4.78 is 5.13. The van der Waals surface area contributed by atoms with Gasteiger partial charge in [0.05, 0.1) is 7.11 Å². The van der Waals surface area contributed by atoms with E-state index in [1.54, 1.807) is 7.11 Å². The summed E-state index contributed by atoms with van der Waals surface area (Å²) in [6.07, 6.45) is 1.53. The van der Waals surface area contributed by atoms with Crippen LogP contribution in [0.2, 0.25) is 0 Å². The summed E-state index contributed by atoms with van der Waals surface area (Å²) in [4.78, 5) is 12.1. The van der Waals surface area contributed by atoms with Crippen molar-refractivity contribution < 1.29 is 14.6 Å². The molecule has 1 unspecified atom stereocenters. The number of carbonyl (C=O) groups excluding carboxylic acids is 1. The molecule has 0 amide bonds. The SMILES string of the molecule is COc1ccc(CC(CO)CC(=O)Cc2ccccc2)cc1. The molecule has 0 heterocycles. The average Bonchev–Trinajstić information content (AvgIpc) is 2.55. The summed E-state index contributed by atoms with van der Waals surface area (Å²) >= 11 is 0. The minimum Gasteiger partial charge on any atom is -0.497 e. The molecule has 0 aliphatic carbocycles. The van der Waals surface area contributed by atoms with Gasteiger partial charge in [0.2, 0.25) is 0 Å². The number of aliphatic hydroxyl groups is 1. The van der Waals surface area contributed by atoms with E-state index in [2.05, 4.69) is 0 Å². The molecule has 0 spiro atoms. The minimum atomic E-state index is -0.0374. The first-order valence-corrected chi connectivity index (χ1v) is 7.50. The van der Waals surface area contributed by atoms with Crippen molar-refractivity contribution in [3.8, 4) is 5.75 Å². The number of hydrogen-bond donors (Lipinski definition) is 1. The number of carbonyl (C=O) groups is 1. The van der Waals surface area contributed by atoms with Gasteiger partial charge in [-0.15, -0.1) is 0 Å². The fourth-order valence-electron chi connectivity index (χ4n) is 2.51. The fourth-order valence-corrected chi connectivity index (χ4v) is 2.51. The van der Waals surface area contributed by atoms with Crippen LogP contribution in [0.5, 0.6) is 5.75 Å². The molecule has 116 valence electrons. The number of methoxy groups -OCH3 is 1. The highest BCUT2D eigenvalue weighted by molar-refractivity contribution is 5.81. The Morgan fingerprint density at radius 1 is 1.05 bits per heavy atom. The summed E-state index contributed by atoms with van der Waals surface area (Å²) in [7, 11) is 1.63. The molecule has 1 N–H and O–H groups in total. The lowest BCUT2D eigenvalue weighted by atomic mass is 9.93. The van der Waals surface area contributed by atoms with Crippen molar-refractivity contribution in [2.45, 2.75) is 19.3 Å². The van der Waals surface area contributed by atoms with Crippen LogP contribution in [0.1, 0.15) is 17.5 Å². The Kier molecular flexibility index (Phi) is 6.16. The number of hydrogen-bond acceptors (Lipinski definition) is 3. The van der Waals surface area contributed by atoms with Crippen LogP contribution in [0.25, 0.3) is 0 Å². The number of Topliss-reactive ketones (excluding diaryl/α,β-unsaturated/α-hetero) is 1. The minimum absolute atomic E-state index is 0.0204. The molecule has 2 aromatic rings. The van der Waals surface area contributed by atoms with Crippen LogP contribution in [0.3, 0.4) is 0 Å². The van der Waals surface area contributed by atoms with E-state index in [-0.39, 0.29) is 18.3 Å². The second-order valence-electron chi connectivity index (χ2n) is 5.51. The van der Waals surface area contributed by atoms with E-state index in [1.807, 2.05) is 54.6 Å². The van der Waals surface area contributed by atoms with Gasteiger partial charge in [-0.1, -0.05) is 42.5 Å². The zero-order valence-electron chi connectivity index (χ0n) is 12.9. The molecule has 22 heavy (non-hydrogen) atoms. The molecule has 0 aliphatic heterocycles. The first kappa shape index (κ1) is 16.2. The molecule has 3 nitrogen and oxygen atoms in total. The Morgan fingerprint density at radius 2 is 1.73 bits per heavy atom. The van der Waals surface area contributed by atoms with Crippen molar-refractivity contribution in [2.24, 2.45) is 5.92 Å². The molecule has 1 atom stereocenters. The van der Waals surface area contributed by atoms with Gasteiger partial charge in [-0.2, -0.15) is 0 Å². The second kappa shape index (κ2) is 8.35. The van der Waals surface area contributed by atoms with Gasteiger partial charge in [0.15, 0.2) is 0 Å². The predicted molar refractivity (Wildman–Crippen MR) is 87.0 cm³/mol. The summed E-state index contributed by atoms with van der Waals surface area (Å²) in [6, 6.07) is 17.5. The van der Waals surface area contributed by atoms with E-state index in [1.165, 1.54) is 0 Å². The maximum absolute atomic E-state index is 12.1. The monoisotopic (exact) mass is 298 g/mol. The molecular weight excluding hydrogens is 276 g/mol. The third-order valence-electron chi connectivity index (χ3n) is 3.70. The van der Waals surface area contributed by atoms with Gasteiger partial charge >= 0.3 is 0 Å². The van der Waals surface area contributed by atoms with Gasteiger partial charge in [0.1, 0.15) is 11.5 Å². The Balaban J connectivity index is 1.89. The molecule has 0 fully saturated rings. The van der Waals surface area contributed by atoms with Gasteiger partial charge in [0, 0.05) is 19.4 Å². The van der Waals surface area contributed by atoms with Gasteiger partial charge < -0.3 is 9.84 Å². The first-order valence-electron chi connectivity index (χ1n) is 7.50. The number of benzene rings is 2. The van der Waals surface area contributed by atoms with Crippen LogP contribution in [0.15, 0.2) is 54.6 Å². The normalized spacial score (nSPS) is 11.9. The second-order valence-corrected chi connectivity index (χ2v) is 5.51. The fraction of sp³-hybridized carbons (Fsp3) is 0.316. The van der Waals surface area contributed by atoms with Crippen LogP contribution < -0.4 is 4.74 Å². The molecule has 0 aliphatic rings. The van der Waals surface area contributed by atoms with Gasteiger partial charge in [-0.05, 0) is 35.6 Å². The molecule has 0 saturated carbocycles. The predicted octanol–water partition coefficient (Wildman–Crippen LogP) is 3.05. The Bertz CT molecular complexity index is 575. The van der Waals surface area contributed by atoms with E-state index in [9.17, 15) is 9.90 Å². The van der Waals surface area contributed by atoms with Crippen molar-refractivity contribution in [1.82, 2.24) is 0 Å². The van der Waals surface area contributed by atoms with Crippen molar-refractivity contribution in [3.05, 3.63) is 65.7 Å². The average molecular weight is 298 g/mol. The molecule has 0 aromatic heterocycles. The van der Waals surface area contributed by atoms with Gasteiger partial charge in [-0.3, -0.25) is 4.79 Å². The molecule has 0 bridgehead atoms. The van der Waals surface area contributed by atoms with E-state index < -0.39 is 0 Å². The molecule has 0 saturated heterocycles. The quantitative estimate of drug-likeness (QED) is 0.815. The summed E-state index contributed by atoms with van der Waals surface area (Å²) in [5, 5.41) is 9.53. The van der Waals surface area contributed by atoms with E-state index >= 15 is 0 Å². The molecule has 0 radical (unpaired) electrons. The maximum Gasteiger partial charge on any atom is 0.137 e. The van der Waals surface area contributed by atoms with Gasteiger partial charge in [-0.25, -0.2) is 0 Å². The van der Waals surface area contributed by atoms with Crippen LogP contribution >= 0.6 is 0 Å². The lowest BCUT2D eigenvalue weighted by molar-refractivity contribution is -0.119. The topological polar surface area (TPSA) is 46.5 Å². The Morgan fingerprint density at radius 3 is 2.32 bits per heavy atom. The van der Waals surface area contributed by atoms with Crippen LogP contribution in [0, 0.1) is 5.92 Å². The van der Waals surface area contributed by atoms with Crippen molar-refractivity contribution >= 4 is 5.78 Å². The Labute approximate surface area is 131 Å². The maximum atomic E-state index is 12.1. The van der Waals surface area contributed by atoms with Crippen LogP contribution in [-0.2, 0) is 17.6 Å². The van der Waals surface area contributed by atoms with Crippen LogP contribution in [-0.4, -0.2) is 24.6 Å². The first-order chi connectivity index (χ1) is 10.7. The van der Waals surface area contributed by atoms with Crippen LogP contribution in [0.4, 0.5) is 0 Å². The number of ether oxygens (including phenoxy) is 1. The molecular formula is C19H22O3. The van der Waals surface area contributed by atoms with Crippen molar-refractivity contribution in [1.29, 1.82) is 0 Å². The summed E-state index contributed by atoms with van der Waals surface area (Å²) in [6.45, 7) is 0.0204. The van der Waals surface area contributed by atoms with Crippen molar-refractivity contribution in [3.63, 3.8) is 0 Å². The number of rotatable bonds is 8. The molecule has 3 heteroatoms. The summed E-state index contributed by atoms with van der Waals surface area (Å²) in [5.41, 5.74) is 2.13. The number of aliphatic hydroxyl groups excluding tert-OH is 1. The zero-order chi connectivity index (χ0) is 15.8. The molecule has 2 rings (SSSR count). The standard InChI is InChI=1S/C19H22O3/c1-22-19-9-7-16(8-10-19)11-17(14-20)13-18(21)12-15-5-3-2-4-6-15/h2-10,17,20H,11-14H2,1H3.